The number of carbonyl (C=O) groups excluding carboxylic acids is 1. The van der Waals surface area contributed by atoms with Crippen molar-refractivity contribution < 1.29 is 4.79 Å². The molecule has 0 fully saturated rings. The highest BCUT2D eigenvalue weighted by Gasteiger charge is 2.24. The molecule has 116 valence electrons. The minimum atomic E-state index is -0.439. The molecule has 0 radical (unpaired) electrons. The summed E-state index contributed by atoms with van der Waals surface area (Å²) in [4.78, 5) is 14.1. The van der Waals surface area contributed by atoms with Gasteiger partial charge in [0.2, 0.25) is 0 Å². The van der Waals surface area contributed by atoms with Gasteiger partial charge in [0.05, 0.1) is 5.54 Å². The van der Waals surface area contributed by atoms with Crippen molar-refractivity contribution in [3.8, 4) is 0 Å². The van der Waals surface area contributed by atoms with Crippen LogP contribution in [0.1, 0.15) is 25.0 Å². The minimum Gasteiger partial charge on any atom is -0.329 e. The maximum Gasteiger partial charge on any atom is 0.318 e. The first-order valence-electron chi connectivity index (χ1n) is 7.22. The molecule has 0 atom stereocenters. The number of carbonyl (C=O) groups is 1. The number of nitrogens with zero attached hydrogens (tertiary/aromatic N) is 1. The molecule has 0 saturated carbocycles. The first-order chi connectivity index (χ1) is 10.4. The van der Waals surface area contributed by atoms with E-state index in [-0.39, 0.29) is 6.03 Å². The first-order valence-corrected chi connectivity index (χ1v) is 8.01. The van der Waals surface area contributed by atoms with E-state index < -0.39 is 5.54 Å². The lowest BCUT2D eigenvalue weighted by atomic mass is 9.94. The Morgan fingerprint density at radius 1 is 1.14 bits per heavy atom. The Hall–Kier alpha value is -1.81. The van der Waals surface area contributed by atoms with Gasteiger partial charge in [-0.15, -0.1) is 0 Å². The van der Waals surface area contributed by atoms with Gasteiger partial charge >= 0.3 is 6.03 Å². The number of hydrogen-bond acceptors (Lipinski definition) is 1. The second-order valence-electron chi connectivity index (χ2n) is 5.91. The molecule has 0 spiro atoms. The number of hydrogen-bond donors (Lipinski definition) is 1. The quantitative estimate of drug-likeness (QED) is 0.853. The summed E-state index contributed by atoms with van der Waals surface area (Å²) in [7, 11) is 1.80. The molecule has 0 aliphatic rings. The highest BCUT2D eigenvalue weighted by atomic mass is 79.9. The third-order valence-corrected chi connectivity index (χ3v) is 4.07. The highest BCUT2D eigenvalue weighted by Crippen LogP contribution is 2.23. The van der Waals surface area contributed by atoms with Gasteiger partial charge in [-0.1, -0.05) is 58.4 Å². The van der Waals surface area contributed by atoms with Crippen LogP contribution in [0.2, 0.25) is 0 Å². The molecule has 0 aromatic heterocycles. The van der Waals surface area contributed by atoms with E-state index >= 15 is 0 Å². The molecule has 0 unspecified atom stereocenters. The second-order valence-corrected chi connectivity index (χ2v) is 6.82. The lowest BCUT2D eigenvalue weighted by Gasteiger charge is -2.30. The van der Waals surface area contributed by atoms with E-state index in [1.54, 1.807) is 11.9 Å². The summed E-state index contributed by atoms with van der Waals surface area (Å²) in [6.07, 6.45) is 0. The second kappa shape index (κ2) is 6.97. The largest absolute Gasteiger partial charge is 0.329 e. The third-order valence-electron chi connectivity index (χ3n) is 3.58. The van der Waals surface area contributed by atoms with Crippen LogP contribution in [-0.2, 0) is 12.1 Å². The SMILES string of the molecule is CN(Cc1ccccc1)C(=O)NC(C)(C)c1cccc(Br)c1. The molecular weight excluding hydrogens is 340 g/mol. The van der Waals surface area contributed by atoms with Crippen molar-refractivity contribution in [2.45, 2.75) is 25.9 Å². The van der Waals surface area contributed by atoms with Gasteiger partial charge < -0.3 is 10.2 Å². The molecule has 22 heavy (non-hydrogen) atoms. The van der Waals surface area contributed by atoms with Crippen LogP contribution in [0, 0.1) is 0 Å². The summed E-state index contributed by atoms with van der Waals surface area (Å²) < 4.78 is 1.00. The van der Waals surface area contributed by atoms with Gasteiger partial charge in [-0.05, 0) is 37.1 Å². The highest BCUT2D eigenvalue weighted by molar-refractivity contribution is 9.10. The number of urea groups is 1. The van der Waals surface area contributed by atoms with Crippen LogP contribution in [0.25, 0.3) is 0 Å². The molecule has 0 aliphatic heterocycles. The molecule has 2 aromatic carbocycles. The van der Waals surface area contributed by atoms with E-state index in [0.717, 1.165) is 15.6 Å². The van der Waals surface area contributed by atoms with Gasteiger partial charge in [0.1, 0.15) is 0 Å². The lowest BCUT2D eigenvalue weighted by Crippen LogP contribution is -2.46. The zero-order chi connectivity index (χ0) is 16.2. The summed E-state index contributed by atoms with van der Waals surface area (Å²) in [5, 5.41) is 3.09. The molecule has 2 aromatic rings. The smallest absolute Gasteiger partial charge is 0.318 e. The molecule has 2 amide bonds. The van der Waals surface area contributed by atoms with Crippen molar-refractivity contribution in [1.29, 1.82) is 0 Å². The maximum absolute atomic E-state index is 12.4. The van der Waals surface area contributed by atoms with Crippen LogP contribution in [0.4, 0.5) is 4.79 Å². The molecular formula is C18H21BrN2O. The Morgan fingerprint density at radius 2 is 1.82 bits per heavy atom. The minimum absolute atomic E-state index is 0.0890. The van der Waals surface area contributed by atoms with Crippen LogP contribution in [0.5, 0.6) is 0 Å². The Balaban J connectivity index is 2.04. The van der Waals surface area contributed by atoms with Crippen molar-refractivity contribution >= 4 is 22.0 Å². The summed E-state index contributed by atoms with van der Waals surface area (Å²) in [5.41, 5.74) is 1.73. The number of nitrogens with one attached hydrogen (secondary N) is 1. The van der Waals surface area contributed by atoms with Crippen molar-refractivity contribution in [2.24, 2.45) is 0 Å². The Morgan fingerprint density at radius 3 is 2.45 bits per heavy atom. The standard InChI is InChI=1S/C18H21BrN2O/c1-18(2,15-10-7-11-16(19)12-15)20-17(22)21(3)13-14-8-5-4-6-9-14/h4-12H,13H2,1-3H3,(H,20,22). The molecule has 4 heteroatoms. The van der Waals surface area contributed by atoms with Gasteiger partial charge in [0, 0.05) is 18.1 Å². The van der Waals surface area contributed by atoms with Crippen LogP contribution >= 0.6 is 15.9 Å². The summed E-state index contributed by atoms with van der Waals surface area (Å²) in [5.74, 6) is 0. The lowest BCUT2D eigenvalue weighted by molar-refractivity contribution is 0.195. The van der Waals surface area contributed by atoms with E-state index in [1.807, 2.05) is 68.4 Å². The van der Waals surface area contributed by atoms with Crippen molar-refractivity contribution in [1.82, 2.24) is 10.2 Å². The fraction of sp³-hybridized carbons (Fsp3) is 0.278. The summed E-state index contributed by atoms with van der Waals surface area (Å²) in [6, 6.07) is 17.9. The van der Waals surface area contributed by atoms with E-state index in [4.69, 9.17) is 0 Å². The Labute approximate surface area is 140 Å². The van der Waals surface area contributed by atoms with Gasteiger partial charge in [0.15, 0.2) is 0 Å². The zero-order valence-electron chi connectivity index (χ0n) is 13.1. The van der Waals surface area contributed by atoms with E-state index in [9.17, 15) is 4.79 Å². The monoisotopic (exact) mass is 360 g/mol. The maximum atomic E-state index is 12.4. The molecule has 0 bridgehead atoms. The third kappa shape index (κ3) is 4.34. The predicted molar refractivity (Wildman–Crippen MR) is 93.6 cm³/mol. The van der Waals surface area contributed by atoms with Crippen LogP contribution < -0.4 is 5.32 Å². The van der Waals surface area contributed by atoms with E-state index in [1.165, 1.54) is 0 Å². The summed E-state index contributed by atoms with van der Waals surface area (Å²) >= 11 is 3.47. The van der Waals surface area contributed by atoms with Gasteiger partial charge in [-0.2, -0.15) is 0 Å². The molecule has 3 nitrogen and oxygen atoms in total. The van der Waals surface area contributed by atoms with Crippen molar-refractivity contribution in [3.63, 3.8) is 0 Å². The van der Waals surface area contributed by atoms with Crippen molar-refractivity contribution in [2.75, 3.05) is 7.05 Å². The van der Waals surface area contributed by atoms with Crippen molar-refractivity contribution in [3.05, 3.63) is 70.2 Å². The molecule has 0 saturated heterocycles. The summed E-state index contributed by atoms with van der Waals surface area (Å²) in [6.45, 7) is 4.59. The Kier molecular flexibility index (Phi) is 5.24. The average Bonchev–Trinajstić information content (AvgIpc) is 2.48. The van der Waals surface area contributed by atoms with E-state index in [2.05, 4.69) is 21.2 Å². The number of rotatable bonds is 4. The van der Waals surface area contributed by atoms with Gasteiger partial charge in [0.25, 0.3) is 0 Å². The molecule has 0 aliphatic carbocycles. The number of amides is 2. The first kappa shape index (κ1) is 16.6. The fourth-order valence-electron chi connectivity index (χ4n) is 2.24. The zero-order valence-corrected chi connectivity index (χ0v) is 14.7. The average molecular weight is 361 g/mol. The van der Waals surface area contributed by atoms with Gasteiger partial charge in [-0.3, -0.25) is 0 Å². The van der Waals surface area contributed by atoms with Gasteiger partial charge in [-0.25, -0.2) is 4.79 Å². The Bertz CT molecular complexity index is 641. The van der Waals surface area contributed by atoms with E-state index in [0.29, 0.717) is 6.54 Å². The predicted octanol–water partition coefficient (Wildman–Crippen LogP) is 4.53. The molecule has 2 rings (SSSR count). The normalized spacial score (nSPS) is 11.1. The number of benzene rings is 2. The fourth-order valence-corrected chi connectivity index (χ4v) is 2.64. The topological polar surface area (TPSA) is 32.3 Å². The van der Waals surface area contributed by atoms with Crippen LogP contribution in [-0.4, -0.2) is 18.0 Å². The molecule has 0 heterocycles. The van der Waals surface area contributed by atoms with Crippen LogP contribution in [0.15, 0.2) is 59.1 Å². The molecule has 1 N–H and O–H groups in total. The number of halogens is 1. The van der Waals surface area contributed by atoms with Crippen LogP contribution in [0.3, 0.4) is 0 Å².